The van der Waals surface area contributed by atoms with Crippen LogP contribution in [0.4, 0.5) is 4.39 Å². The molecule has 1 aromatic carbocycles. The molecule has 0 nitrogen and oxygen atoms in total. The van der Waals surface area contributed by atoms with E-state index in [0.29, 0.717) is 5.92 Å². The van der Waals surface area contributed by atoms with E-state index in [1.165, 1.54) is 57.8 Å². The van der Waals surface area contributed by atoms with Crippen molar-refractivity contribution in [3.63, 3.8) is 0 Å². The molecule has 0 amide bonds. The first-order valence-electron chi connectivity index (χ1n) is 9.86. The first-order chi connectivity index (χ1) is 12.2. The highest BCUT2D eigenvalue weighted by Crippen LogP contribution is 2.42. The molecule has 2 aliphatic carbocycles. The molecule has 0 unspecified atom stereocenters. The maximum Gasteiger partial charge on any atom is 0.142 e. The van der Waals surface area contributed by atoms with Gasteiger partial charge in [-0.3, -0.25) is 0 Å². The molecule has 138 valence electrons. The molecule has 0 N–H and O–H groups in total. The van der Waals surface area contributed by atoms with Gasteiger partial charge in [0.05, 0.1) is 5.02 Å². The molecular weight excluding hydrogens is 354 g/mol. The molecule has 0 spiro atoms. The van der Waals surface area contributed by atoms with Gasteiger partial charge in [-0.25, -0.2) is 4.39 Å². The summed E-state index contributed by atoms with van der Waals surface area (Å²) in [5.41, 5.74) is 2.78. The Morgan fingerprint density at radius 2 is 1.60 bits per heavy atom. The minimum absolute atomic E-state index is 0.223. The normalized spacial score (nSPS) is 30.7. The minimum Gasteiger partial charge on any atom is -0.205 e. The van der Waals surface area contributed by atoms with E-state index >= 15 is 0 Å². The van der Waals surface area contributed by atoms with Gasteiger partial charge in [0.1, 0.15) is 5.82 Å². The summed E-state index contributed by atoms with van der Waals surface area (Å²) < 4.78 is 13.5. The van der Waals surface area contributed by atoms with Crippen LogP contribution in [0.25, 0.3) is 0 Å². The first kappa shape index (κ1) is 19.2. The molecule has 25 heavy (non-hydrogen) atoms. The molecule has 1 aromatic rings. The standard InChI is InChI=1S/C22H29Cl2F/c23-14-13-17-5-10-20(11-6-17)19-8-3-16(4-9-19)1-2-18-7-12-21(24)22(25)15-18/h7,12-17,19-20H,1-6,8-11H2. The third-order valence-electron chi connectivity index (χ3n) is 6.54. The molecule has 0 saturated heterocycles. The fraction of sp³-hybridized carbons (Fsp3) is 0.636. The lowest BCUT2D eigenvalue weighted by molar-refractivity contribution is 0.153. The lowest BCUT2D eigenvalue weighted by Gasteiger charge is -2.37. The average Bonchev–Trinajstić information content (AvgIpc) is 2.64. The van der Waals surface area contributed by atoms with Crippen LogP contribution in [-0.2, 0) is 6.42 Å². The predicted molar refractivity (Wildman–Crippen MR) is 106 cm³/mol. The summed E-state index contributed by atoms with van der Waals surface area (Å²) in [6, 6.07) is 5.24. The van der Waals surface area contributed by atoms with Gasteiger partial charge in [-0.2, -0.15) is 0 Å². The summed E-state index contributed by atoms with van der Waals surface area (Å²) in [4.78, 5) is 0. The number of hydrogen-bond acceptors (Lipinski definition) is 0. The Morgan fingerprint density at radius 3 is 2.20 bits per heavy atom. The van der Waals surface area contributed by atoms with E-state index in [1.807, 2.05) is 6.07 Å². The van der Waals surface area contributed by atoms with Gasteiger partial charge >= 0.3 is 0 Å². The van der Waals surface area contributed by atoms with E-state index in [2.05, 4.69) is 6.08 Å². The molecule has 2 fully saturated rings. The van der Waals surface area contributed by atoms with Crippen molar-refractivity contribution >= 4 is 23.2 Å². The average molecular weight is 383 g/mol. The topological polar surface area (TPSA) is 0 Å². The quantitative estimate of drug-likeness (QED) is 0.487. The number of aryl methyl sites for hydroxylation is 1. The summed E-state index contributed by atoms with van der Waals surface area (Å²) in [7, 11) is 0. The zero-order chi connectivity index (χ0) is 17.6. The van der Waals surface area contributed by atoms with Gasteiger partial charge in [-0.1, -0.05) is 48.2 Å². The highest BCUT2D eigenvalue weighted by atomic mass is 35.5. The number of rotatable bonds is 5. The molecule has 0 heterocycles. The van der Waals surface area contributed by atoms with E-state index < -0.39 is 0 Å². The molecule has 3 heteroatoms. The Balaban J connectivity index is 1.39. The van der Waals surface area contributed by atoms with Gasteiger partial charge in [-0.15, -0.1) is 0 Å². The third kappa shape index (κ3) is 5.47. The zero-order valence-corrected chi connectivity index (χ0v) is 16.4. The maximum atomic E-state index is 13.5. The number of hydrogen-bond donors (Lipinski definition) is 0. The van der Waals surface area contributed by atoms with Gasteiger partial charge in [0.25, 0.3) is 0 Å². The van der Waals surface area contributed by atoms with E-state index in [0.717, 1.165) is 29.7 Å². The van der Waals surface area contributed by atoms with Crippen molar-refractivity contribution in [2.45, 2.75) is 64.2 Å². The lowest BCUT2D eigenvalue weighted by Crippen LogP contribution is -2.25. The summed E-state index contributed by atoms with van der Waals surface area (Å²) in [6.45, 7) is 0. The van der Waals surface area contributed by atoms with Crippen molar-refractivity contribution in [3.05, 3.63) is 46.2 Å². The van der Waals surface area contributed by atoms with Crippen LogP contribution in [0.15, 0.2) is 29.8 Å². The van der Waals surface area contributed by atoms with Crippen molar-refractivity contribution in [2.24, 2.45) is 23.7 Å². The van der Waals surface area contributed by atoms with Gasteiger partial charge in [0.2, 0.25) is 0 Å². The van der Waals surface area contributed by atoms with Crippen LogP contribution < -0.4 is 0 Å². The van der Waals surface area contributed by atoms with Crippen LogP contribution in [0.2, 0.25) is 5.02 Å². The molecule has 0 atom stereocenters. The Morgan fingerprint density at radius 1 is 0.960 bits per heavy atom. The Hall–Kier alpha value is -0.530. The number of allylic oxidation sites excluding steroid dienone is 1. The second-order valence-electron chi connectivity index (χ2n) is 8.06. The van der Waals surface area contributed by atoms with Crippen LogP contribution in [0.5, 0.6) is 0 Å². The molecule has 2 saturated carbocycles. The Kier molecular flexibility index (Phi) is 7.25. The first-order valence-corrected chi connectivity index (χ1v) is 10.7. The minimum atomic E-state index is -0.289. The highest BCUT2D eigenvalue weighted by molar-refractivity contribution is 6.30. The predicted octanol–water partition coefficient (Wildman–Crippen LogP) is 7.78. The van der Waals surface area contributed by atoms with Gasteiger partial charge in [-0.05, 0) is 92.7 Å². The fourth-order valence-corrected chi connectivity index (χ4v) is 5.25. The summed E-state index contributed by atoms with van der Waals surface area (Å²) in [6.07, 6.45) is 15.2. The molecule has 3 rings (SSSR count). The fourth-order valence-electron chi connectivity index (χ4n) is 4.93. The monoisotopic (exact) mass is 382 g/mol. The van der Waals surface area contributed by atoms with Crippen molar-refractivity contribution < 1.29 is 4.39 Å². The Labute approximate surface area is 161 Å². The summed E-state index contributed by atoms with van der Waals surface area (Å²) in [5, 5.41) is 0.223. The van der Waals surface area contributed by atoms with E-state index in [4.69, 9.17) is 23.2 Å². The Bertz CT molecular complexity index is 567. The largest absolute Gasteiger partial charge is 0.205 e. The second kappa shape index (κ2) is 9.42. The lowest BCUT2D eigenvalue weighted by atomic mass is 9.68. The van der Waals surface area contributed by atoms with Gasteiger partial charge in [0.15, 0.2) is 0 Å². The van der Waals surface area contributed by atoms with Gasteiger partial charge in [0, 0.05) is 5.54 Å². The smallest absolute Gasteiger partial charge is 0.142 e. The molecule has 0 radical (unpaired) electrons. The number of halogens is 3. The SMILES string of the molecule is Fc1cc(CCC2CCC(C3CCC(C=CCl)CC3)CC2)ccc1Cl. The van der Waals surface area contributed by atoms with E-state index in [1.54, 1.807) is 17.7 Å². The van der Waals surface area contributed by atoms with E-state index in [9.17, 15) is 4.39 Å². The molecule has 2 aliphatic rings. The van der Waals surface area contributed by atoms with Crippen LogP contribution >= 0.6 is 23.2 Å². The van der Waals surface area contributed by atoms with Crippen LogP contribution in [0.3, 0.4) is 0 Å². The molecule has 0 bridgehead atoms. The van der Waals surface area contributed by atoms with E-state index in [-0.39, 0.29) is 10.8 Å². The van der Waals surface area contributed by atoms with Crippen molar-refractivity contribution in [1.82, 2.24) is 0 Å². The number of benzene rings is 1. The summed E-state index contributed by atoms with van der Waals surface area (Å²) in [5.74, 6) is 3.11. The second-order valence-corrected chi connectivity index (χ2v) is 8.72. The van der Waals surface area contributed by atoms with Crippen molar-refractivity contribution in [2.75, 3.05) is 0 Å². The molecule has 0 aliphatic heterocycles. The van der Waals surface area contributed by atoms with Crippen molar-refractivity contribution in [3.8, 4) is 0 Å². The summed E-state index contributed by atoms with van der Waals surface area (Å²) >= 11 is 11.5. The van der Waals surface area contributed by atoms with Crippen molar-refractivity contribution in [1.29, 1.82) is 0 Å². The zero-order valence-electron chi connectivity index (χ0n) is 14.9. The third-order valence-corrected chi connectivity index (χ3v) is 7.00. The van der Waals surface area contributed by atoms with Crippen LogP contribution in [0.1, 0.15) is 63.4 Å². The van der Waals surface area contributed by atoms with Crippen LogP contribution in [-0.4, -0.2) is 0 Å². The molecule has 0 aromatic heterocycles. The molecular formula is C22H29Cl2F. The van der Waals surface area contributed by atoms with Crippen LogP contribution in [0, 0.1) is 29.5 Å². The highest BCUT2D eigenvalue weighted by Gasteiger charge is 2.30. The maximum absolute atomic E-state index is 13.5. The van der Waals surface area contributed by atoms with Gasteiger partial charge < -0.3 is 0 Å².